The lowest BCUT2D eigenvalue weighted by atomic mass is 9.83. The number of alkyl halides is 2. The van der Waals surface area contributed by atoms with Crippen molar-refractivity contribution >= 4 is 11.8 Å². The average molecular weight is 399 g/mol. The van der Waals surface area contributed by atoms with Crippen molar-refractivity contribution < 1.29 is 13.9 Å². The second-order valence-electron chi connectivity index (χ2n) is 7.25. The SMILES string of the molecule is C#CCC[C@@H]1C=C[C@@H](CC(O)(c2ccccc2)C(F)(F)Sc2ccccc2)C1. The third-order valence-electron chi connectivity index (χ3n) is 5.20. The van der Waals surface area contributed by atoms with Crippen LogP contribution >= 0.6 is 11.8 Å². The molecule has 0 bridgehead atoms. The molecule has 28 heavy (non-hydrogen) atoms. The summed E-state index contributed by atoms with van der Waals surface area (Å²) < 4.78 is 30.9. The van der Waals surface area contributed by atoms with E-state index in [1.807, 2.05) is 6.08 Å². The number of terminal acetylenes is 1. The summed E-state index contributed by atoms with van der Waals surface area (Å²) in [6.07, 6.45) is 11.6. The molecule has 0 heterocycles. The molecule has 3 rings (SSSR count). The fourth-order valence-corrected chi connectivity index (χ4v) is 4.67. The Morgan fingerprint density at radius 3 is 2.25 bits per heavy atom. The average Bonchev–Trinajstić information content (AvgIpc) is 3.14. The van der Waals surface area contributed by atoms with Crippen molar-refractivity contribution in [3.05, 3.63) is 78.4 Å². The van der Waals surface area contributed by atoms with E-state index < -0.39 is 10.9 Å². The van der Waals surface area contributed by atoms with Gasteiger partial charge in [0.2, 0.25) is 0 Å². The molecule has 0 saturated carbocycles. The van der Waals surface area contributed by atoms with Crippen LogP contribution in [0, 0.1) is 24.2 Å². The van der Waals surface area contributed by atoms with Crippen LogP contribution in [0.4, 0.5) is 8.78 Å². The van der Waals surface area contributed by atoms with Crippen molar-refractivity contribution in [2.24, 2.45) is 11.8 Å². The predicted molar refractivity (Wildman–Crippen MR) is 111 cm³/mol. The van der Waals surface area contributed by atoms with E-state index >= 15 is 8.78 Å². The highest BCUT2D eigenvalue weighted by atomic mass is 32.2. The van der Waals surface area contributed by atoms with Crippen LogP contribution in [0.2, 0.25) is 0 Å². The maximum atomic E-state index is 15.5. The standard InChI is InChI=1S/C24H24F2OS/c1-2-3-10-19-15-16-20(17-19)18-23(27,21-11-6-4-7-12-21)24(25,26)28-22-13-8-5-9-14-22/h1,4-9,11-16,19-20,27H,3,10,17-18H2/t19-,20-,23?/m1/s1. The van der Waals surface area contributed by atoms with E-state index in [0.717, 1.165) is 12.8 Å². The van der Waals surface area contributed by atoms with Gasteiger partial charge in [0.25, 0.3) is 0 Å². The summed E-state index contributed by atoms with van der Waals surface area (Å²) in [7, 11) is 0. The molecule has 146 valence electrons. The van der Waals surface area contributed by atoms with Gasteiger partial charge in [-0.2, -0.15) is 8.78 Å². The first-order valence-corrected chi connectivity index (χ1v) is 10.3. The third kappa shape index (κ3) is 4.66. The van der Waals surface area contributed by atoms with Gasteiger partial charge in [-0.15, -0.1) is 12.3 Å². The second-order valence-corrected chi connectivity index (χ2v) is 8.43. The lowest BCUT2D eigenvalue weighted by Gasteiger charge is -2.37. The molecule has 1 aliphatic carbocycles. The Morgan fingerprint density at radius 1 is 1.00 bits per heavy atom. The normalized spacial score (nSPS) is 21.2. The molecule has 0 amide bonds. The van der Waals surface area contributed by atoms with Gasteiger partial charge in [-0.1, -0.05) is 60.7 Å². The highest BCUT2D eigenvalue weighted by Gasteiger charge is 2.55. The zero-order valence-electron chi connectivity index (χ0n) is 15.6. The van der Waals surface area contributed by atoms with E-state index in [1.165, 1.54) is 0 Å². The molecule has 2 aromatic rings. The number of allylic oxidation sites excluding steroid dienone is 2. The molecule has 1 unspecified atom stereocenters. The Balaban J connectivity index is 1.85. The van der Waals surface area contributed by atoms with Gasteiger partial charge < -0.3 is 5.11 Å². The van der Waals surface area contributed by atoms with Crippen LogP contribution in [0.1, 0.15) is 31.2 Å². The molecule has 0 saturated heterocycles. The molecule has 0 fully saturated rings. The highest BCUT2D eigenvalue weighted by Crippen LogP contribution is 2.52. The summed E-state index contributed by atoms with van der Waals surface area (Å²) in [6, 6.07) is 16.8. The predicted octanol–water partition coefficient (Wildman–Crippen LogP) is 6.26. The molecular weight excluding hydrogens is 374 g/mol. The molecule has 1 N–H and O–H groups in total. The summed E-state index contributed by atoms with van der Waals surface area (Å²) in [5, 5.41) is 7.97. The maximum Gasteiger partial charge on any atom is 0.330 e. The minimum Gasteiger partial charge on any atom is -0.378 e. The van der Waals surface area contributed by atoms with Gasteiger partial charge in [0.05, 0.1) is 0 Å². The Labute approximate surface area is 169 Å². The van der Waals surface area contributed by atoms with Crippen molar-refractivity contribution in [1.29, 1.82) is 0 Å². The fourth-order valence-electron chi connectivity index (χ4n) is 3.71. The number of aliphatic hydroxyl groups is 1. The van der Waals surface area contributed by atoms with Crippen molar-refractivity contribution in [1.82, 2.24) is 0 Å². The topological polar surface area (TPSA) is 20.2 Å². The molecule has 1 nitrogen and oxygen atoms in total. The first kappa shape index (κ1) is 20.6. The molecule has 1 aliphatic rings. The van der Waals surface area contributed by atoms with E-state index in [1.54, 1.807) is 60.7 Å². The van der Waals surface area contributed by atoms with Crippen molar-refractivity contribution in [3.63, 3.8) is 0 Å². The Kier molecular flexibility index (Phi) is 6.59. The van der Waals surface area contributed by atoms with E-state index in [-0.39, 0.29) is 23.8 Å². The molecule has 0 spiro atoms. The van der Waals surface area contributed by atoms with Crippen LogP contribution in [0.3, 0.4) is 0 Å². The van der Waals surface area contributed by atoms with Crippen LogP contribution in [-0.2, 0) is 5.60 Å². The van der Waals surface area contributed by atoms with Gasteiger partial charge >= 0.3 is 5.25 Å². The van der Waals surface area contributed by atoms with E-state index in [4.69, 9.17) is 6.42 Å². The Hall–Kier alpha value is -2.09. The largest absolute Gasteiger partial charge is 0.378 e. The second kappa shape index (κ2) is 8.94. The summed E-state index contributed by atoms with van der Waals surface area (Å²) in [4.78, 5) is 0.427. The summed E-state index contributed by atoms with van der Waals surface area (Å²) in [5.41, 5.74) is -2.03. The van der Waals surface area contributed by atoms with E-state index in [9.17, 15) is 5.11 Å². The molecule has 0 aromatic heterocycles. The minimum absolute atomic E-state index is 0.0348. The van der Waals surface area contributed by atoms with Crippen LogP contribution in [0.5, 0.6) is 0 Å². The first-order valence-electron chi connectivity index (χ1n) is 9.46. The molecule has 4 heteroatoms. The van der Waals surface area contributed by atoms with Crippen molar-refractivity contribution in [3.8, 4) is 12.3 Å². The lowest BCUT2D eigenvalue weighted by Crippen LogP contribution is -2.44. The smallest absolute Gasteiger partial charge is 0.330 e. The summed E-state index contributed by atoms with van der Waals surface area (Å²) >= 11 is 0.412. The van der Waals surface area contributed by atoms with Gasteiger partial charge in [-0.05, 0) is 60.6 Å². The highest BCUT2D eigenvalue weighted by molar-refractivity contribution is 8.00. The molecule has 2 aromatic carbocycles. The first-order chi connectivity index (χ1) is 13.4. The number of halogens is 2. The Morgan fingerprint density at radius 2 is 1.61 bits per heavy atom. The number of benzene rings is 2. The fraction of sp³-hybridized carbons (Fsp3) is 0.333. The number of rotatable bonds is 8. The summed E-state index contributed by atoms with van der Waals surface area (Å²) in [5.74, 6) is 2.80. The lowest BCUT2D eigenvalue weighted by molar-refractivity contribution is -0.137. The monoisotopic (exact) mass is 398 g/mol. The third-order valence-corrected chi connectivity index (χ3v) is 6.30. The van der Waals surface area contributed by atoms with Gasteiger partial charge in [-0.3, -0.25) is 0 Å². The van der Waals surface area contributed by atoms with Crippen LogP contribution in [-0.4, -0.2) is 10.4 Å². The van der Waals surface area contributed by atoms with Crippen molar-refractivity contribution in [2.75, 3.05) is 0 Å². The van der Waals surface area contributed by atoms with Gasteiger partial charge in [0.1, 0.15) is 0 Å². The van der Waals surface area contributed by atoms with Gasteiger partial charge in [-0.25, -0.2) is 0 Å². The van der Waals surface area contributed by atoms with Gasteiger partial charge in [0.15, 0.2) is 5.60 Å². The summed E-state index contributed by atoms with van der Waals surface area (Å²) in [6.45, 7) is 0. The zero-order valence-corrected chi connectivity index (χ0v) is 16.4. The van der Waals surface area contributed by atoms with Crippen LogP contribution in [0.25, 0.3) is 0 Å². The van der Waals surface area contributed by atoms with Crippen LogP contribution in [0.15, 0.2) is 77.7 Å². The quantitative estimate of drug-likeness (QED) is 0.322. The van der Waals surface area contributed by atoms with Gasteiger partial charge in [0, 0.05) is 11.3 Å². The van der Waals surface area contributed by atoms with Crippen molar-refractivity contribution in [2.45, 2.75) is 41.4 Å². The maximum absolute atomic E-state index is 15.5. The molecule has 0 radical (unpaired) electrons. The molecule has 3 atom stereocenters. The zero-order chi connectivity index (χ0) is 20.0. The molecule has 0 aliphatic heterocycles. The minimum atomic E-state index is -3.39. The number of hydrogen-bond donors (Lipinski definition) is 1. The molecular formula is C24H24F2OS. The van der Waals surface area contributed by atoms with Crippen LogP contribution < -0.4 is 0 Å². The number of thioether (sulfide) groups is 1. The Bertz CT molecular complexity index is 829. The number of hydrogen-bond acceptors (Lipinski definition) is 2. The van der Waals surface area contributed by atoms with E-state index in [0.29, 0.717) is 23.1 Å². The van der Waals surface area contributed by atoms with E-state index in [2.05, 4.69) is 12.0 Å².